The van der Waals surface area contributed by atoms with E-state index in [-0.39, 0.29) is 0 Å². The van der Waals surface area contributed by atoms with Gasteiger partial charge < -0.3 is 5.32 Å². The van der Waals surface area contributed by atoms with Gasteiger partial charge in [0, 0.05) is 22.8 Å². The van der Waals surface area contributed by atoms with Crippen molar-refractivity contribution in [3.8, 4) is 0 Å². The summed E-state index contributed by atoms with van der Waals surface area (Å²) in [5.74, 6) is 0.636. The Morgan fingerprint density at radius 1 is 1.25 bits per heavy atom. The van der Waals surface area contributed by atoms with E-state index in [1.165, 1.54) is 0 Å². The van der Waals surface area contributed by atoms with Gasteiger partial charge in [0.15, 0.2) is 0 Å². The Hall–Kier alpha value is -1.03. The minimum absolute atomic E-state index is 0.636. The molecule has 2 rings (SSSR count). The van der Waals surface area contributed by atoms with Crippen LogP contribution in [0.1, 0.15) is 25.1 Å². The van der Waals surface area contributed by atoms with Gasteiger partial charge in [-0.3, -0.25) is 4.68 Å². The number of aromatic nitrogens is 2. The highest BCUT2D eigenvalue weighted by Gasteiger charge is 2.07. The number of benzene rings is 1. The summed E-state index contributed by atoms with van der Waals surface area (Å²) in [5.41, 5.74) is 2.17. The van der Waals surface area contributed by atoms with Crippen LogP contribution in [0, 0.1) is 5.92 Å². The van der Waals surface area contributed by atoms with Gasteiger partial charge in [0.25, 0.3) is 0 Å². The van der Waals surface area contributed by atoms with Gasteiger partial charge in [-0.2, -0.15) is 5.10 Å². The molecule has 0 atom stereocenters. The first-order chi connectivity index (χ1) is 9.56. The zero-order valence-electron chi connectivity index (χ0n) is 11.7. The molecule has 0 fully saturated rings. The van der Waals surface area contributed by atoms with Crippen molar-refractivity contribution in [1.29, 1.82) is 0 Å². The van der Waals surface area contributed by atoms with Gasteiger partial charge in [-0.15, -0.1) is 0 Å². The third-order valence-electron chi connectivity index (χ3n) is 3.00. The van der Waals surface area contributed by atoms with E-state index < -0.39 is 0 Å². The van der Waals surface area contributed by atoms with Gasteiger partial charge in [0.05, 0.1) is 12.2 Å². The van der Waals surface area contributed by atoms with Crippen LogP contribution in [0.2, 0.25) is 10.0 Å². The molecule has 0 saturated heterocycles. The first-order valence-corrected chi connectivity index (χ1v) is 7.47. The van der Waals surface area contributed by atoms with Crippen LogP contribution in [0.25, 0.3) is 0 Å². The SMILES string of the molecule is CC(C)CNCc1ccnn1Cc1ccc(Cl)cc1Cl. The number of rotatable bonds is 6. The van der Waals surface area contributed by atoms with E-state index >= 15 is 0 Å². The monoisotopic (exact) mass is 311 g/mol. The average Bonchev–Trinajstić information content (AvgIpc) is 2.80. The van der Waals surface area contributed by atoms with Crippen molar-refractivity contribution in [3.63, 3.8) is 0 Å². The fourth-order valence-electron chi connectivity index (χ4n) is 1.95. The van der Waals surface area contributed by atoms with E-state index in [0.717, 1.165) is 24.3 Å². The number of hydrogen-bond donors (Lipinski definition) is 1. The molecular weight excluding hydrogens is 293 g/mol. The smallest absolute Gasteiger partial charge is 0.0677 e. The van der Waals surface area contributed by atoms with Crippen molar-refractivity contribution in [2.24, 2.45) is 5.92 Å². The van der Waals surface area contributed by atoms with E-state index in [0.29, 0.717) is 22.5 Å². The fraction of sp³-hybridized carbons (Fsp3) is 0.400. The van der Waals surface area contributed by atoms with E-state index in [1.807, 2.05) is 29.1 Å². The van der Waals surface area contributed by atoms with Gasteiger partial charge in [0.2, 0.25) is 0 Å². The number of nitrogens with zero attached hydrogens (tertiary/aromatic N) is 2. The number of hydrogen-bond acceptors (Lipinski definition) is 2. The topological polar surface area (TPSA) is 29.9 Å². The summed E-state index contributed by atoms with van der Waals surface area (Å²) < 4.78 is 1.96. The highest BCUT2D eigenvalue weighted by atomic mass is 35.5. The van der Waals surface area contributed by atoms with Crippen LogP contribution in [-0.2, 0) is 13.1 Å². The summed E-state index contributed by atoms with van der Waals surface area (Å²) in [6, 6.07) is 7.58. The molecule has 5 heteroatoms. The molecule has 0 saturated carbocycles. The van der Waals surface area contributed by atoms with Crippen molar-refractivity contribution < 1.29 is 0 Å². The number of nitrogens with one attached hydrogen (secondary N) is 1. The molecule has 0 amide bonds. The van der Waals surface area contributed by atoms with Crippen LogP contribution >= 0.6 is 23.2 Å². The minimum atomic E-state index is 0.636. The summed E-state index contributed by atoms with van der Waals surface area (Å²) in [6.45, 7) is 6.84. The molecule has 3 nitrogen and oxygen atoms in total. The molecule has 20 heavy (non-hydrogen) atoms. The summed E-state index contributed by atoms with van der Waals surface area (Å²) >= 11 is 12.1. The summed E-state index contributed by atoms with van der Waals surface area (Å²) in [5, 5.41) is 9.11. The lowest BCUT2D eigenvalue weighted by molar-refractivity contribution is 0.529. The first-order valence-electron chi connectivity index (χ1n) is 6.71. The van der Waals surface area contributed by atoms with Crippen LogP contribution in [-0.4, -0.2) is 16.3 Å². The lowest BCUT2D eigenvalue weighted by Crippen LogP contribution is -2.21. The van der Waals surface area contributed by atoms with Gasteiger partial charge in [-0.05, 0) is 36.2 Å². The fourth-order valence-corrected chi connectivity index (χ4v) is 2.42. The van der Waals surface area contributed by atoms with E-state index in [9.17, 15) is 0 Å². The minimum Gasteiger partial charge on any atom is -0.311 e. The summed E-state index contributed by atoms with van der Waals surface area (Å²) in [4.78, 5) is 0. The van der Waals surface area contributed by atoms with Crippen LogP contribution in [0.5, 0.6) is 0 Å². The maximum absolute atomic E-state index is 6.20. The molecule has 1 N–H and O–H groups in total. The molecule has 0 bridgehead atoms. The summed E-state index contributed by atoms with van der Waals surface area (Å²) in [7, 11) is 0. The van der Waals surface area contributed by atoms with Crippen molar-refractivity contribution >= 4 is 23.2 Å². The molecule has 0 unspecified atom stereocenters. The predicted molar refractivity (Wildman–Crippen MR) is 84.3 cm³/mol. The molecule has 1 aromatic carbocycles. The zero-order chi connectivity index (χ0) is 14.5. The van der Waals surface area contributed by atoms with Crippen molar-refractivity contribution in [3.05, 3.63) is 51.8 Å². The molecule has 1 heterocycles. The van der Waals surface area contributed by atoms with Gasteiger partial charge in [0.1, 0.15) is 0 Å². The van der Waals surface area contributed by atoms with Crippen LogP contribution in [0.3, 0.4) is 0 Å². The van der Waals surface area contributed by atoms with Gasteiger partial charge >= 0.3 is 0 Å². The van der Waals surface area contributed by atoms with Crippen molar-refractivity contribution in [2.75, 3.05) is 6.54 Å². The van der Waals surface area contributed by atoms with E-state index in [4.69, 9.17) is 23.2 Å². The van der Waals surface area contributed by atoms with Gasteiger partial charge in [-0.1, -0.05) is 43.1 Å². The Morgan fingerprint density at radius 3 is 2.75 bits per heavy atom. The largest absolute Gasteiger partial charge is 0.311 e. The van der Waals surface area contributed by atoms with Crippen LogP contribution in [0.4, 0.5) is 0 Å². The van der Waals surface area contributed by atoms with E-state index in [2.05, 4.69) is 24.3 Å². The second-order valence-electron chi connectivity index (χ2n) is 5.24. The normalized spacial score (nSPS) is 11.2. The molecular formula is C15H19Cl2N3. The van der Waals surface area contributed by atoms with Crippen LogP contribution < -0.4 is 5.32 Å². The Labute approximate surface area is 129 Å². The lowest BCUT2D eigenvalue weighted by Gasteiger charge is -2.11. The second-order valence-corrected chi connectivity index (χ2v) is 6.08. The average molecular weight is 312 g/mol. The Balaban J connectivity index is 2.04. The highest BCUT2D eigenvalue weighted by Crippen LogP contribution is 2.22. The molecule has 2 aromatic rings. The van der Waals surface area contributed by atoms with Crippen molar-refractivity contribution in [1.82, 2.24) is 15.1 Å². The lowest BCUT2D eigenvalue weighted by atomic mass is 10.2. The molecule has 0 aliphatic carbocycles. The standard InChI is InChI=1S/C15H19Cl2N3/c1-11(2)8-18-9-14-5-6-19-20(14)10-12-3-4-13(16)7-15(12)17/h3-7,11,18H,8-10H2,1-2H3. The van der Waals surface area contributed by atoms with Gasteiger partial charge in [-0.25, -0.2) is 0 Å². The second kappa shape index (κ2) is 7.11. The van der Waals surface area contributed by atoms with Crippen LogP contribution in [0.15, 0.2) is 30.5 Å². The first kappa shape index (κ1) is 15.4. The zero-order valence-corrected chi connectivity index (χ0v) is 13.2. The third kappa shape index (κ3) is 4.23. The third-order valence-corrected chi connectivity index (χ3v) is 3.59. The van der Waals surface area contributed by atoms with Crippen molar-refractivity contribution in [2.45, 2.75) is 26.9 Å². The summed E-state index contributed by atoms with van der Waals surface area (Å²) in [6.07, 6.45) is 1.82. The molecule has 0 radical (unpaired) electrons. The molecule has 0 aliphatic rings. The maximum atomic E-state index is 6.20. The Bertz CT molecular complexity index is 564. The maximum Gasteiger partial charge on any atom is 0.0677 e. The quantitative estimate of drug-likeness (QED) is 0.874. The molecule has 108 valence electrons. The molecule has 1 aromatic heterocycles. The highest BCUT2D eigenvalue weighted by molar-refractivity contribution is 6.35. The molecule has 0 spiro atoms. The predicted octanol–water partition coefficient (Wildman–Crippen LogP) is 3.98. The Morgan fingerprint density at radius 2 is 2.05 bits per heavy atom. The molecule has 0 aliphatic heterocycles. The Kier molecular flexibility index (Phi) is 5.46. The van der Waals surface area contributed by atoms with E-state index in [1.54, 1.807) is 6.07 Å². The number of halogens is 2.